The van der Waals surface area contributed by atoms with Gasteiger partial charge in [-0.3, -0.25) is 9.69 Å². The second-order valence-electron chi connectivity index (χ2n) is 7.11. The van der Waals surface area contributed by atoms with Crippen LogP contribution in [0.5, 0.6) is 0 Å². The Hall–Kier alpha value is -2.14. The molecule has 0 atom stereocenters. The summed E-state index contributed by atoms with van der Waals surface area (Å²) in [6.07, 6.45) is 7.35. The van der Waals surface area contributed by atoms with E-state index in [-0.39, 0.29) is 0 Å². The van der Waals surface area contributed by atoms with Gasteiger partial charge in [0.1, 0.15) is 5.82 Å². The van der Waals surface area contributed by atoms with Gasteiger partial charge in [0.25, 0.3) is 0 Å². The molecule has 0 spiro atoms. The van der Waals surface area contributed by atoms with Gasteiger partial charge >= 0.3 is 0 Å². The van der Waals surface area contributed by atoms with Crippen LogP contribution in [0.4, 0.5) is 0 Å². The molecule has 0 bridgehead atoms. The van der Waals surface area contributed by atoms with Crippen molar-refractivity contribution >= 4 is 5.91 Å². The molecule has 1 aliphatic carbocycles. The third kappa shape index (κ3) is 3.61. The van der Waals surface area contributed by atoms with Crippen molar-refractivity contribution < 1.29 is 4.79 Å². The third-order valence-corrected chi connectivity index (χ3v) is 5.54. The van der Waals surface area contributed by atoms with E-state index in [9.17, 15) is 4.79 Å². The highest BCUT2D eigenvalue weighted by Gasteiger charge is 2.31. The monoisotopic (exact) mass is 338 g/mol. The zero-order chi connectivity index (χ0) is 17.1. The molecule has 132 valence electrons. The van der Waals surface area contributed by atoms with Crippen LogP contribution in [0.25, 0.3) is 11.4 Å². The molecule has 1 aromatic carbocycles. The minimum absolute atomic E-state index is 0.325. The Labute approximate surface area is 149 Å². The first kappa shape index (κ1) is 16.3. The minimum Gasteiger partial charge on any atom is -0.340 e. The molecule has 0 N–H and O–H groups in total. The first-order valence-corrected chi connectivity index (χ1v) is 9.39. The minimum atomic E-state index is 0.325. The molecule has 1 aliphatic heterocycles. The number of amides is 1. The number of carbonyl (C=O) groups excluding carboxylic acids is 1. The van der Waals surface area contributed by atoms with E-state index in [1.807, 2.05) is 24.4 Å². The number of hydrogen-bond donors (Lipinski definition) is 0. The van der Waals surface area contributed by atoms with E-state index in [0.717, 1.165) is 63.5 Å². The van der Waals surface area contributed by atoms with Crippen LogP contribution >= 0.6 is 0 Å². The van der Waals surface area contributed by atoms with Crippen molar-refractivity contribution in [1.29, 1.82) is 0 Å². The number of piperazine rings is 1. The number of benzene rings is 1. The molecule has 1 saturated carbocycles. The maximum atomic E-state index is 12.3. The Morgan fingerprint density at radius 3 is 2.48 bits per heavy atom. The van der Waals surface area contributed by atoms with Crippen LogP contribution in [0.15, 0.2) is 42.7 Å². The molecule has 2 fully saturated rings. The highest BCUT2D eigenvalue weighted by Crippen LogP contribution is 2.28. The summed E-state index contributed by atoms with van der Waals surface area (Å²) in [5, 5.41) is 0. The number of aromatic nitrogens is 2. The number of rotatable bonds is 5. The fourth-order valence-electron chi connectivity index (χ4n) is 3.69. The average Bonchev–Trinajstić information content (AvgIpc) is 3.08. The largest absolute Gasteiger partial charge is 0.340 e. The molecular weight excluding hydrogens is 312 g/mol. The van der Waals surface area contributed by atoms with Crippen molar-refractivity contribution in [3.05, 3.63) is 42.7 Å². The van der Waals surface area contributed by atoms with Crippen molar-refractivity contribution in [1.82, 2.24) is 19.4 Å². The van der Waals surface area contributed by atoms with Crippen LogP contribution in [-0.2, 0) is 11.3 Å². The van der Waals surface area contributed by atoms with Crippen LogP contribution in [-0.4, -0.2) is 58.0 Å². The lowest BCUT2D eigenvalue weighted by Crippen LogP contribution is -2.51. The lowest BCUT2D eigenvalue weighted by Gasteiger charge is -2.38. The van der Waals surface area contributed by atoms with Gasteiger partial charge in [0.15, 0.2) is 0 Å². The Kier molecular flexibility index (Phi) is 4.83. The fraction of sp³-hybridized carbons (Fsp3) is 0.500. The summed E-state index contributed by atoms with van der Waals surface area (Å²) in [7, 11) is 0. The Bertz CT molecular complexity index is 699. The summed E-state index contributed by atoms with van der Waals surface area (Å²) in [6.45, 7) is 5.65. The molecule has 25 heavy (non-hydrogen) atoms. The van der Waals surface area contributed by atoms with Crippen LogP contribution in [0.2, 0.25) is 0 Å². The summed E-state index contributed by atoms with van der Waals surface area (Å²) in [6, 6.07) is 10.3. The lowest BCUT2D eigenvalue weighted by atomic mass is 9.84. The predicted octanol–water partition coefficient (Wildman–Crippen LogP) is 2.49. The van der Waals surface area contributed by atoms with Gasteiger partial charge in [0, 0.05) is 63.1 Å². The topological polar surface area (TPSA) is 41.4 Å². The lowest BCUT2D eigenvalue weighted by molar-refractivity contribution is -0.139. The van der Waals surface area contributed by atoms with Gasteiger partial charge in [-0.15, -0.1) is 0 Å². The molecular formula is C20H26N4O. The van der Waals surface area contributed by atoms with Gasteiger partial charge in [0.05, 0.1) is 0 Å². The maximum Gasteiger partial charge on any atom is 0.225 e. The van der Waals surface area contributed by atoms with E-state index in [1.54, 1.807) is 0 Å². The second kappa shape index (κ2) is 7.40. The molecule has 2 aromatic rings. The molecule has 2 heterocycles. The van der Waals surface area contributed by atoms with Crippen molar-refractivity contribution in [2.45, 2.75) is 25.8 Å². The van der Waals surface area contributed by atoms with Crippen molar-refractivity contribution in [2.24, 2.45) is 5.92 Å². The Balaban J connectivity index is 1.29. The van der Waals surface area contributed by atoms with E-state index >= 15 is 0 Å². The molecule has 5 heteroatoms. The van der Waals surface area contributed by atoms with E-state index in [4.69, 9.17) is 0 Å². The molecule has 2 aliphatic rings. The van der Waals surface area contributed by atoms with Gasteiger partial charge in [-0.2, -0.15) is 0 Å². The standard InChI is InChI=1S/C20H26N4O/c25-20(18-7-4-8-18)24-15-12-22(13-16-24)11-14-23-10-9-21-19(23)17-5-2-1-3-6-17/h1-3,5-6,9-10,18H,4,7-8,11-16H2. The Morgan fingerprint density at radius 1 is 1.04 bits per heavy atom. The van der Waals surface area contributed by atoms with Crippen molar-refractivity contribution in [3.63, 3.8) is 0 Å². The van der Waals surface area contributed by atoms with Crippen LogP contribution in [0.1, 0.15) is 19.3 Å². The van der Waals surface area contributed by atoms with Crippen LogP contribution in [0.3, 0.4) is 0 Å². The SMILES string of the molecule is O=C(C1CCC1)N1CCN(CCn2ccnc2-c2ccccc2)CC1. The normalized spacial score (nSPS) is 19.0. The third-order valence-electron chi connectivity index (χ3n) is 5.54. The highest BCUT2D eigenvalue weighted by molar-refractivity contribution is 5.79. The van der Waals surface area contributed by atoms with E-state index in [2.05, 4.69) is 37.7 Å². The molecule has 4 rings (SSSR count). The van der Waals surface area contributed by atoms with E-state index in [0.29, 0.717) is 11.8 Å². The number of hydrogen-bond acceptors (Lipinski definition) is 3. The zero-order valence-electron chi connectivity index (χ0n) is 14.7. The first-order chi connectivity index (χ1) is 12.3. The summed E-state index contributed by atoms with van der Waals surface area (Å²) in [5.74, 6) is 1.75. The summed E-state index contributed by atoms with van der Waals surface area (Å²) >= 11 is 0. The molecule has 1 saturated heterocycles. The maximum absolute atomic E-state index is 12.3. The zero-order valence-corrected chi connectivity index (χ0v) is 14.7. The second-order valence-corrected chi connectivity index (χ2v) is 7.11. The molecule has 0 radical (unpaired) electrons. The van der Waals surface area contributed by atoms with Crippen molar-refractivity contribution in [3.8, 4) is 11.4 Å². The van der Waals surface area contributed by atoms with Crippen molar-refractivity contribution in [2.75, 3.05) is 32.7 Å². The van der Waals surface area contributed by atoms with Gasteiger partial charge in [-0.05, 0) is 12.8 Å². The number of nitrogens with zero attached hydrogens (tertiary/aromatic N) is 4. The van der Waals surface area contributed by atoms with Gasteiger partial charge in [-0.25, -0.2) is 4.98 Å². The highest BCUT2D eigenvalue weighted by atomic mass is 16.2. The smallest absolute Gasteiger partial charge is 0.225 e. The summed E-state index contributed by atoms with van der Waals surface area (Å²) in [5.41, 5.74) is 1.16. The van der Waals surface area contributed by atoms with Gasteiger partial charge in [0.2, 0.25) is 5.91 Å². The van der Waals surface area contributed by atoms with Crippen LogP contribution in [0, 0.1) is 5.92 Å². The first-order valence-electron chi connectivity index (χ1n) is 9.39. The van der Waals surface area contributed by atoms with E-state index < -0.39 is 0 Å². The number of imidazole rings is 1. The summed E-state index contributed by atoms with van der Waals surface area (Å²) in [4.78, 5) is 21.4. The quantitative estimate of drug-likeness (QED) is 0.841. The molecule has 1 amide bonds. The molecule has 1 aromatic heterocycles. The molecule has 5 nitrogen and oxygen atoms in total. The average molecular weight is 338 g/mol. The van der Waals surface area contributed by atoms with Crippen LogP contribution < -0.4 is 0 Å². The Morgan fingerprint density at radius 2 is 1.80 bits per heavy atom. The van der Waals surface area contributed by atoms with E-state index in [1.165, 1.54) is 6.42 Å². The number of carbonyl (C=O) groups is 1. The summed E-state index contributed by atoms with van der Waals surface area (Å²) < 4.78 is 2.22. The predicted molar refractivity (Wildman–Crippen MR) is 98.0 cm³/mol. The van der Waals surface area contributed by atoms with Gasteiger partial charge < -0.3 is 9.47 Å². The van der Waals surface area contributed by atoms with Gasteiger partial charge in [-0.1, -0.05) is 36.8 Å². The molecule has 0 unspecified atom stereocenters. The fourth-order valence-corrected chi connectivity index (χ4v) is 3.69.